The first kappa shape index (κ1) is 14.8. The second kappa shape index (κ2) is 5.80. The number of nitrogens with one attached hydrogen (secondary N) is 1. The lowest BCUT2D eigenvalue weighted by Crippen LogP contribution is -2.55. The Labute approximate surface area is 117 Å². The van der Waals surface area contributed by atoms with Gasteiger partial charge in [-0.3, -0.25) is 4.79 Å². The summed E-state index contributed by atoms with van der Waals surface area (Å²) >= 11 is 0. The van der Waals surface area contributed by atoms with Crippen LogP contribution in [0.1, 0.15) is 52.4 Å². The molecule has 2 fully saturated rings. The molecule has 4 nitrogen and oxygen atoms in total. The molecule has 0 aromatic heterocycles. The van der Waals surface area contributed by atoms with Crippen LogP contribution >= 0.6 is 0 Å². The topological polar surface area (TPSA) is 58.4 Å². The Kier molecular flexibility index (Phi) is 4.51. The standard InChI is InChI=1S/C15H29N3O/c1-11(2)7-9-18(3)13-6-8-15(10-13,14(16)19)17-12-4-5-12/h11-13,17H,4-10H2,1-3H3,(H2,16,19). The van der Waals surface area contributed by atoms with E-state index in [9.17, 15) is 4.79 Å². The third kappa shape index (κ3) is 3.69. The number of primary amides is 1. The average molecular weight is 267 g/mol. The first-order valence-corrected chi connectivity index (χ1v) is 7.71. The van der Waals surface area contributed by atoms with Crippen LogP contribution in [0.5, 0.6) is 0 Å². The molecule has 0 bridgehead atoms. The fraction of sp³-hybridized carbons (Fsp3) is 0.933. The number of carbonyl (C=O) groups excluding carboxylic acids is 1. The molecule has 0 spiro atoms. The Balaban J connectivity index is 1.90. The van der Waals surface area contributed by atoms with E-state index in [1.165, 1.54) is 19.3 Å². The molecule has 2 atom stereocenters. The van der Waals surface area contributed by atoms with Crippen LogP contribution in [-0.4, -0.2) is 42.0 Å². The third-order valence-electron chi connectivity index (χ3n) is 4.70. The Morgan fingerprint density at radius 1 is 1.42 bits per heavy atom. The van der Waals surface area contributed by atoms with Crippen LogP contribution in [0.4, 0.5) is 0 Å². The van der Waals surface area contributed by atoms with Crippen LogP contribution in [0.3, 0.4) is 0 Å². The largest absolute Gasteiger partial charge is 0.368 e. The lowest BCUT2D eigenvalue weighted by Gasteiger charge is -2.30. The maximum absolute atomic E-state index is 11.9. The van der Waals surface area contributed by atoms with E-state index in [0.29, 0.717) is 12.1 Å². The first-order chi connectivity index (χ1) is 8.93. The monoisotopic (exact) mass is 267 g/mol. The molecule has 2 unspecified atom stereocenters. The summed E-state index contributed by atoms with van der Waals surface area (Å²) in [6.45, 7) is 5.62. The lowest BCUT2D eigenvalue weighted by atomic mass is 9.96. The summed E-state index contributed by atoms with van der Waals surface area (Å²) in [5.74, 6) is 0.577. The molecule has 0 aliphatic heterocycles. The molecule has 4 heteroatoms. The molecular formula is C15H29N3O. The van der Waals surface area contributed by atoms with Gasteiger partial charge < -0.3 is 16.0 Å². The van der Waals surface area contributed by atoms with Crippen LogP contribution in [0.15, 0.2) is 0 Å². The van der Waals surface area contributed by atoms with E-state index in [1.54, 1.807) is 0 Å². The molecule has 0 aromatic rings. The van der Waals surface area contributed by atoms with E-state index in [4.69, 9.17) is 5.73 Å². The van der Waals surface area contributed by atoms with Gasteiger partial charge in [-0.1, -0.05) is 13.8 Å². The molecule has 3 N–H and O–H groups in total. The minimum atomic E-state index is -0.433. The fourth-order valence-corrected chi connectivity index (χ4v) is 3.08. The van der Waals surface area contributed by atoms with Crippen molar-refractivity contribution in [3.8, 4) is 0 Å². The van der Waals surface area contributed by atoms with Gasteiger partial charge in [-0.05, 0) is 58.0 Å². The zero-order valence-corrected chi connectivity index (χ0v) is 12.6. The number of nitrogens with two attached hydrogens (primary N) is 1. The zero-order chi connectivity index (χ0) is 14.0. The van der Waals surface area contributed by atoms with Gasteiger partial charge in [0, 0.05) is 12.1 Å². The highest BCUT2D eigenvalue weighted by Gasteiger charge is 2.47. The number of nitrogens with zero attached hydrogens (tertiary/aromatic N) is 1. The molecular weight excluding hydrogens is 238 g/mol. The van der Waals surface area contributed by atoms with Gasteiger partial charge in [0.1, 0.15) is 0 Å². The summed E-state index contributed by atoms with van der Waals surface area (Å²) < 4.78 is 0. The Hall–Kier alpha value is -0.610. The molecule has 1 amide bonds. The molecule has 2 aliphatic rings. The highest BCUT2D eigenvalue weighted by molar-refractivity contribution is 5.85. The molecule has 0 saturated heterocycles. The fourth-order valence-electron chi connectivity index (χ4n) is 3.08. The van der Waals surface area contributed by atoms with Crippen molar-refractivity contribution in [2.24, 2.45) is 11.7 Å². The molecule has 0 radical (unpaired) electrons. The maximum atomic E-state index is 11.9. The molecule has 0 aromatic carbocycles. The highest BCUT2D eigenvalue weighted by atomic mass is 16.1. The normalized spacial score (nSPS) is 31.3. The first-order valence-electron chi connectivity index (χ1n) is 7.71. The predicted octanol–water partition coefficient (Wildman–Crippen LogP) is 1.49. The van der Waals surface area contributed by atoms with Crippen LogP contribution in [-0.2, 0) is 4.79 Å². The van der Waals surface area contributed by atoms with Crippen molar-refractivity contribution >= 4 is 5.91 Å². The minimum Gasteiger partial charge on any atom is -0.368 e. The van der Waals surface area contributed by atoms with Crippen molar-refractivity contribution in [1.29, 1.82) is 0 Å². The molecule has 0 heterocycles. The van der Waals surface area contributed by atoms with E-state index < -0.39 is 5.54 Å². The van der Waals surface area contributed by atoms with Gasteiger partial charge in [0.15, 0.2) is 0 Å². The van der Waals surface area contributed by atoms with Crippen LogP contribution < -0.4 is 11.1 Å². The number of hydrogen-bond donors (Lipinski definition) is 2. The smallest absolute Gasteiger partial charge is 0.237 e. The second-order valence-corrected chi connectivity index (χ2v) is 6.92. The summed E-state index contributed by atoms with van der Waals surface area (Å²) in [6, 6.07) is 1.03. The highest BCUT2D eigenvalue weighted by Crippen LogP contribution is 2.36. The van der Waals surface area contributed by atoms with Crippen LogP contribution in [0.25, 0.3) is 0 Å². The molecule has 110 valence electrons. The van der Waals surface area contributed by atoms with Crippen molar-refractivity contribution in [3.63, 3.8) is 0 Å². The minimum absolute atomic E-state index is 0.154. The van der Waals surface area contributed by atoms with Crippen LogP contribution in [0, 0.1) is 5.92 Å². The van der Waals surface area contributed by atoms with Crippen molar-refractivity contribution < 1.29 is 4.79 Å². The van der Waals surface area contributed by atoms with Gasteiger partial charge in [0.05, 0.1) is 5.54 Å². The van der Waals surface area contributed by atoms with Crippen molar-refractivity contribution in [2.45, 2.75) is 70.0 Å². The number of amides is 1. The van der Waals surface area contributed by atoms with Gasteiger partial charge in [-0.2, -0.15) is 0 Å². The Morgan fingerprint density at radius 2 is 2.11 bits per heavy atom. The van der Waals surface area contributed by atoms with Gasteiger partial charge >= 0.3 is 0 Å². The van der Waals surface area contributed by atoms with Crippen LogP contribution in [0.2, 0.25) is 0 Å². The predicted molar refractivity (Wildman–Crippen MR) is 77.8 cm³/mol. The average Bonchev–Trinajstić information content (AvgIpc) is 3.03. The molecule has 19 heavy (non-hydrogen) atoms. The van der Waals surface area contributed by atoms with Crippen molar-refractivity contribution in [1.82, 2.24) is 10.2 Å². The van der Waals surface area contributed by atoms with Gasteiger partial charge in [-0.15, -0.1) is 0 Å². The van der Waals surface area contributed by atoms with E-state index in [1.807, 2.05) is 0 Å². The summed E-state index contributed by atoms with van der Waals surface area (Å²) in [4.78, 5) is 14.3. The van der Waals surface area contributed by atoms with Crippen molar-refractivity contribution in [3.05, 3.63) is 0 Å². The van der Waals surface area contributed by atoms with E-state index in [-0.39, 0.29) is 5.91 Å². The maximum Gasteiger partial charge on any atom is 0.237 e. The summed E-state index contributed by atoms with van der Waals surface area (Å²) in [5.41, 5.74) is 5.24. The molecule has 2 aliphatic carbocycles. The summed E-state index contributed by atoms with van der Waals surface area (Å²) in [7, 11) is 2.18. The third-order valence-corrected chi connectivity index (χ3v) is 4.70. The SMILES string of the molecule is CC(C)CCN(C)C1CCC(NC2CC2)(C(N)=O)C1. The second-order valence-electron chi connectivity index (χ2n) is 6.92. The van der Waals surface area contributed by atoms with Gasteiger partial charge in [0.25, 0.3) is 0 Å². The van der Waals surface area contributed by atoms with Gasteiger partial charge in [0.2, 0.25) is 5.91 Å². The van der Waals surface area contributed by atoms with E-state index in [0.717, 1.165) is 31.7 Å². The lowest BCUT2D eigenvalue weighted by molar-refractivity contribution is -0.124. The van der Waals surface area contributed by atoms with Crippen molar-refractivity contribution in [2.75, 3.05) is 13.6 Å². The van der Waals surface area contributed by atoms with E-state index >= 15 is 0 Å². The number of rotatable bonds is 7. The van der Waals surface area contributed by atoms with E-state index in [2.05, 4.69) is 31.1 Å². The summed E-state index contributed by atoms with van der Waals surface area (Å²) in [6.07, 6.45) is 6.47. The number of hydrogen-bond acceptors (Lipinski definition) is 3. The quantitative estimate of drug-likeness (QED) is 0.735. The Morgan fingerprint density at radius 3 is 2.63 bits per heavy atom. The summed E-state index contributed by atoms with van der Waals surface area (Å²) in [5, 5.41) is 3.51. The zero-order valence-electron chi connectivity index (χ0n) is 12.6. The molecule has 2 rings (SSSR count). The number of carbonyl (C=O) groups is 1. The molecule has 2 saturated carbocycles. The van der Waals surface area contributed by atoms with Gasteiger partial charge in [-0.25, -0.2) is 0 Å². The Bertz CT molecular complexity index is 327.